The van der Waals surface area contributed by atoms with Crippen molar-refractivity contribution in [2.45, 2.75) is 44.8 Å². The molecule has 4 aromatic rings. The molecule has 2 atom stereocenters. The Morgan fingerprint density at radius 1 is 1.12 bits per heavy atom. The van der Waals surface area contributed by atoms with Crippen LogP contribution < -0.4 is 15.6 Å². The number of nitrogens with one attached hydrogen (secondary N) is 1. The number of methoxy groups -OCH3 is 1. The van der Waals surface area contributed by atoms with Gasteiger partial charge in [-0.3, -0.25) is 4.79 Å². The van der Waals surface area contributed by atoms with Crippen LogP contribution in [0.3, 0.4) is 0 Å². The second-order valence-corrected chi connectivity index (χ2v) is 8.73. The minimum absolute atomic E-state index is 0.196. The van der Waals surface area contributed by atoms with Crippen molar-refractivity contribution in [2.75, 3.05) is 12.4 Å². The molecule has 0 amide bonds. The number of benzene rings is 2. The van der Waals surface area contributed by atoms with Crippen molar-refractivity contribution in [3.63, 3.8) is 0 Å². The summed E-state index contributed by atoms with van der Waals surface area (Å²) in [6.45, 7) is 2.01. The van der Waals surface area contributed by atoms with E-state index in [2.05, 4.69) is 20.4 Å². The predicted molar refractivity (Wildman–Crippen MR) is 132 cm³/mol. The highest BCUT2D eigenvalue weighted by Crippen LogP contribution is 2.31. The predicted octanol–water partition coefficient (Wildman–Crippen LogP) is 3.88. The highest BCUT2D eigenvalue weighted by atomic mass is 16.5. The van der Waals surface area contributed by atoms with Crippen LogP contribution in [0.4, 0.5) is 5.69 Å². The first kappa shape index (κ1) is 22.0. The number of nitrogens with zero attached hydrogens (tertiary/aromatic N) is 4. The lowest BCUT2D eigenvalue weighted by molar-refractivity contribution is 0.124. The molecule has 1 aliphatic rings. The van der Waals surface area contributed by atoms with Gasteiger partial charge in [0.15, 0.2) is 0 Å². The maximum atomic E-state index is 13.1. The summed E-state index contributed by atoms with van der Waals surface area (Å²) in [5, 5.41) is 18.8. The van der Waals surface area contributed by atoms with Crippen molar-refractivity contribution < 1.29 is 9.84 Å². The molecule has 2 N–H and O–H groups in total. The van der Waals surface area contributed by atoms with Crippen molar-refractivity contribution >= 4 is 16.5 Å². The Morgan fingerprint density at radius 2 is 1.94 bits per heavy atom. The van der Waals surface area contributed by atoms with Gasteiger partial charge in [-0.15, -0.1) is 0 Å². The van der Waals surface area contributed by atoms with E-state index in [1.807, 2.05) is 43.3 Å². The van der Waals surface area contributed by atoms with E-state index in [4.69, 9.17) is 4.74 Å². The van der Waals surface area contributed by atoms with Gasteiger partial charge in [0.25, 0.3) is 11.5 Å². The van der Waals surface area contributed by atoms with Gasteiger partial charge >= 0.3 is 0 Å². The Morgan fingerprint density at radius 3 is 2.71 bits per heavy atom. The molecule has 0 unspecified atom stereocenters. The van der Waals surface area contributed by atoms with Crippen LogP contribution in [0.25, 0.3) is 27.8 Å². The number of aliphatic hydroxyl groups excluding tert-OH is 1. The highest BCUT2D eigenvalue weighted by Gasteiger charge is 2.20. The average Bonchev–Trinajstić information content (AvgIpc) is 2.85. The SMILES string of the molecule is COc1cccc(-c2ccc3c(=O)n(-c4ncc(N[C@H]5CCC[C@@H](O)C5)cn4)ncc3c2)c1C. The third-order valence-corrected chi connectivity index (χ3v) is 6.45. The van der Waals surface area contributed by atoms with Gasteiger partial charge in [0, 0.05) is 11.4 Å². The lowest BCUT2D eigenvalue weighted by atomic mass is 9.93. The second-order valence-electron chi connectivity index (χ2n) is 8.73. The van der Waals surface area contributed by atoms with E-state index in [0.29, 0.717) is 11.8 Å². The average molecular weight is 458 g/mol. The molecule has 0 bridgehead atoms. The summed E-state index contributed by atoms with van der Waals surface area (Å²) in [6.07, 6.45) is 8.26. The Labute approximate surface area is 197 Å². The molecule has 8 heteroatoms. The second kappa shape index (κ2) is 9.23. The number of aromatic nitrogens is 4. The largest absolute Gasteiger partial charge is 0.496 e. The molecule has 0 spiro atoms. The van der Waals surface area contributed by atoms with Crippen LogP contribution in [0.2, 0.25) is 0 Å². The summed E-state index contributed by atoms with van der Waals surface area (Å²) in [4.78, 5) is 21.8. The van der Waals surface area contributed by atoms with Crippen molar-refractivity contribution in [3.05, 3.63) is 70.9 Å². The van der Waals surface area contributed by atoms with E-state index < -0.39 is 0 Å². The smallest absolute Gasteiger partial charge is 0.282 e. The minimum atomic E-state index is -0.275. The summed E-state index contributed by atoms with van der Waals surface area (Å²) in [7, 11) is 1.66. The molecule has 174 valence electrons. The van der Waals surface area contributed by atoms with E-state index in [0.717, 1.165) is 52.8 Å². The van der Waals surface area contributed by atoms with Crippen molar-refractivity contribution in [3.8, 4) is 22.8 Å². The van der Waals surface area contributed by atoms with E-state index in [-0.39, 0.29) is 23.7 Å². The van der Waals surface area contributed by atoms with E-state index in [9.17, 15) is 9.90 Å². The normalized spacial score (nSPS) is 18.1. The van der Waals surface area contributed by atoms with Gasteiger partial charge in [-0.05, 0) is 67.5 Å². The summed E-state index contributed by atoms with van der Waals surface area (Å²) < 4.78 is 6.65. The zero-order valence-corrected chi connectivity index (χ0v) is 19.2. The quantitative estimate of drug-likeness (QED) is 0.469. The molecule has 1 saturated carbocycles. The van der Waals surface area contributed by atoms with E-state index in [1.165, 1.54) is 4.68 Å². The Kier molecular flexibility index (Phi) is 5.98. The molecule has 5 rings (SSSR count). The molecule has 0 aliphatic heterocycles. The maximum absolute atomic E-state index is 13.1. The molecular weight excluding hydrogens is 430 g/mol. The first-order valence-electron chi connectivity index (χ1n) is 11.5. The fourth-order valence-electron chi connectivity index (χ4n) is 4.65. The van der Waals surface area contributed by atoms with Gasteiger partial charge < -0.3 is 15.2 Å². The highest BCUT2D eigenvalue weighted by molar-refractivity contribution is 5.87. The summed E-state index contributed by atoms with van der Waals surface area (Å²) in [5.74, 6) is 1.04. The molecule has 34 heavy (non-hydrogen) atoms. The Hall–Kier alpha value is -3.78. The lowest BCUT2D eigenvalue weighted by Crippen LogP contribution is -2.30. The summed E-state index contributed by atoms with van der Waals surface area (Å²) >= 11 is 0. The van der Waals surface area contributed by atoms with Crippen molar-refractivity contribution in [1.82, 2.24) is 19.7 Å². The summed E-state index contributed by atoms with van der Waals surface area (Å²) in [5.41, 5.74) is 3.55. The van der Waals surface area contributed by atoms with Gasteiger partial charge in [-0.2, -0.15) is 9.78 Å². The number of ether oxygens (including phenoxy) is 1. The van der Waals surface area contributed by atoms with Crippen LogP contribution in [-0.4, -0.2) is 44.1 Å². The minimum Gasteiger partial charge on any atom is -0.496 e. The van der Waals surface area contributed by atoms with Gasteiger partial charge in [-0.1, -0.05) is 18.2 Å². The lowest BCUT2D eigenvalue weighted by Gasteiger charge is -2.27. The molecule has 1 aliphatic carbocycles. The van der Waals surface area contributed by atoms with Gasteiger partial charge in [0.2, 0.25) is 0 Å². The third-order valence-electron chi connectivity index (χ3n) is 6.45. The third kappa shape index (κ3) is 4.24. The number of anilines is 1. The molecule has 1 fully saturated rings. The molecule has 2 aromatic heterocycles. The van der Waals surface area contributed by atoms with Crippen LogP contribution in [0.1, 0.15) is 31.2 Å². The van der Waals surface area contributed by atoms with Crippen molar-refractivity contribution in [1.29, 1.82) is 0 Å². The van der Waals surface area contributed by atoms with E-state index >= 15 is 0 Å². The number of hydrogen-bond donors (Lipinski definition) is 2. The van der Waals surface area contributed by atoms with Gasteiger partial charge in [0.05, 0.1) is 42.9 Å². The van der Waals surface area contributed by atoms with Gasteiger partial charge in [0.1, 0.15) is 5.75 Å². The van der Waals surface area contributed by atoms with Crippen LogP contribution in [-0.2, 0) is 0 Å². The first-order chi connectivity index (χ1) is 16.5. The zero-order valence-electron chi connectivity index (χ0n) is 19.2. The number of aliphatic hydroxyl groups is 1. The maximum Gasteiger partial charge on any atom is 0.282 e. The number of hydrogen-bond acceptors (Lipinski definition) is 7. The Balaban J connectivity index is 1.42. The number of fused-ring (bicyclic) bond motifs is 1. The summed E-state index contributed by atoms with van der Waals surface area (Å²) in [6, 6.07) is 11.8. The molecule has 2 aromatic carbocycles. The molecular formula is C26H27N5O3. The van der Waals surface area contributed by atoms with Crippen molar-refractivity contribution in [2.24, 2.45) is 0 Å². The van der Waals surface area contributed by atoms with Crippen LogP contribution in [0.5, 0.6) is 5.75 Å². The fraction of sp³-hybridized carbons (Fsp3) is 0.308. The molecule has 8 nitrogen and oxygen atoms in total. The number of rotatable bonds is 5. The monoisotopic (exact) mass is 457 g/mol. The van der Waals surface area contributed by atoms with E-state index in [1.54, 1.807) is 25.7 Å². The first-order valence-corrected chi connectivity index (χ1v) is 11.5. The molecule has 2 heterocycles. The van der Waals surface area contributed by atoms with Gasteiger partial charge in [-0.25, -0.2) is 9.97 Å². The van der Waals surface area contributed by atoms with Crippen LogP contribution >= 0.6 is 0 Å². The molecule has 0 saturated heterocycles. The van der Waals surface area contributed by atoms with Crippen LogP contribution in [0.15, 0.2) is 59.8 Å². The van der Waals surface area contributed by atoms with Crippen LogP contribution in [0, 0.1) is 6.92 Å². The topological polar surface area (TPSA) is 102 Å². The molecule has 0 radical (unpaired) electrons. The standard InChI is InChI=1S/C26H27N5O3/c1-16-22(7-4-8-24(16)34-2)17-9-10-23-18(11-17)13-29-31(25(23)33)26-27-14-20(15-28-26)30-19-5-3-6-21(32)12-19/h4,7-11,13-15,19,21,30,32H,3,5-6,12H2,1-2H3/t19-,21+/m0/s1. The fourth-order valence-corrected chi connectivity index (χ4v) is 4.65. The Bertz CT molecular complexity index is 1380. The zero-order chi connectivity index (χ0) is 23.7.